The van der Waals surface area contributed by atoms with E-state index in [1.54, 1.807) is 0 Å². The zero-order chi connectivity index (χ0) is 11.0. The second kappa shape index (κ2) is 4.63. The zero-order valence-corrected chi connectivity index (χ0v) is 9.87. The number of ether oxygens (including phenoxy) is 1. The lowest BCUT2D eigenvalue weighted by Crippen LogP contribution is -2.18. The van der Waals surface area contributed by atoms with Crippen molar-refractivity contribution in [2.75, 3.05) is 6.61 Å². The summed E-state index contributed by atoms with van der Waals surface area (Å²) in [5.41, 5.74) is 1.11. The average molecular weight is 250 g/mol. The predicted octanol–water partition coefficient (Wildman–Crippen LogP) is 3.04. The molecule has 0 bridgehead atoms. The number of cyclic esters (lactones) is 1. The Morgan fingerprint density at radius 1 is 1.12 bits per heavy atom. The third-order valence-electron chi connectivity index (χ3n) is 2.87. The highest BCUT2D eigenvalue weighted by molar-refractivity contribution is 5.87. The minimum atomic E-state index is -0.335. The van der Waals surface area contributed by atoms with Crippen LogP contribution in [-0.2, 0) is 4.74 Å². The van der Waals surface area contributed by atoms with Gasteiger partial charge in [-0.2, -0.15) is 0 Å². The third kappa shape index (κ3) is 2.06. The number of alkyl carbamates (subject to hydrolysis) is 1. The van der Waals surface area contributed by atoms with Gasteiger partial charge in [-0.3, -0.25) is 0 Å². The van der Waals surface area contributed by atoms with Gasteiger partial charge in [-0.1, -0.05) is 42.5 Å². The summed E-state index contributed by atoms with van der Waals surface area (Å²) in [6, 6.07) is 14.2. The van der Waals surface area contributed by atoms with Gasteiger partial charge >= 0.3 is 6.09 Å². The molecule has 17 heavy (non-hydrogen) atoms. The van der Waals surface area contributed by atoms with Crippen LogP contribution in [0.25, 0.3) is 10.8 Å². The van der Waals surface area contributed by atoms with Gasteiger partial charge in [-0.05, 0) is 16.3 Å². The van der Waals surface area contributed by atoms with E-state index in [9.17, 15) is 4.79 Å². The van der Waals surface area contributed by atoms with E-state index in [1.807, 2.05) is 24.3 Å². The van der Waals surface area contributed by atoms with Gasteiger partial charge in [-0.25, -0.2) is 4.79 Å². The van der Waals surface area contributed by atoms with Crippen LogP contribution in [0.2, 0.25) is 0 Å². The Bertz CT molecular complexity index is 551. The minimum Gasteiger partial charge on any atom is -0.447 e. The van der Waals surface area contributed by atoms with Crippen LogP contribution in [0.5, 0.6) is 0 Å². The fourth-order valence-electron chi connectivity index (χ4n) is 2.11. The number of hydrogen-bond acceptors (Lipinski definition) is 2. The lowest BCUT2D eigenvalue weighted by molar-refractivity contribution is 0.177. The van der Waals surface area contributed by atoms with Crippen molar-refractivity contribution in [2.45, 2.75) is 6.04 Å². The van der Waals surface area contributed by atoms with Gasteiger partial charge in [0.1, 0.15) is 6.61 Å². The molecule has 0 spiro atoms. The molecule has 3 nitrogen and oxygen atoms in total. The molecular formula is C13H12ClNO2. The maximum absolute atomic E-state index is 11.0. The van der Waals surface area contributed by atoms with Crippen LogP contribution in [-0.4, -0.2) is 12.7 Å². The molecule has 1 N–H and O–H groups in total. The number of benzene rings is 2. The van der Waals surface area contributed by atoms with E-state index in [-0.39, 0.29) is 24.5 Å². The van der Waals surface area contributed by atoms with Crippen LogP contribution in [0.4, 0.5) is 4.79 Å². The fraction of sp³-hybridized carbons (Fsp3) is 0.154. The van der Waals surface area contributed by atoms with Crippen LogP contribution in [0.1, 0.15) is 11.6 Å². The van der Waals surface area contributed by atoms with Crippen LogP contribution < -0.4 is 5.32 Å². The molecule has 0 aliphatic carbocycles. The van der Waals surface area contributed by atoms with E-state index in [1.165, 1.54) is 10.8 Å². The van der Waals surface area contributed by atoms with Gasteiger partial charge in [0, 0.05) is 0 Å². The van der Waals surface area contributed by atoms with Crippen molar-refractivity contribution in [1.29, 1.82) is 0 Å². The van der Waals surface area contributed by atoms with Gasteiger partial charge in [0.15, 0.2) is 0 Å². The molecule has 1 heterocycles. The number of carbonyl (C=O) groups excluding carboxylic acids is 1. The minimum absolute atomic E-state index is 0. The summed E-state index contributed by atoms with van der Waals surface area (Å²) >= 11 is 0. The predicted molar refractivity (Wildman–Crippen MR) is 68.4 cm³/mol. The van der Waals surface area contributed by atoms with Crippen LogP contribution in [0.3, 0.4) is 0 Å². The quantitative estimate of drug-likeness (QED) is 0.844. The smallest absolute Gasteiger partial charge is 0.407 e. The molecule has 1 fully saturated rings. The van der Waals surface area contributed by atoms with Crippen molar-refractivity contribution < 1.29 is 9.53 Å². The number of amides is 1. The van der Waals surface area contributed by atoms with E-state index >= 15 is 0 Å². The Morgan fingerprint density at radius 3 is 2.65 bits per heavy atom. The number of halogens is 1. The number of nitrogens with one attached hydrogen (secondary N) is 1. The van der Waals surface area contributed by atoms with Crippen molar-refractivity contribution in [1.82, 2.24) is 5.32 Å². The molecule has 0 saturated carbocycles. The second-order valence-corrected chi connectivity index (χ2v) is 3.86. The molecule has 3 rings (SSSR count). The first-order valence-electron chi connectivity index (χ1n) is 5.25. The van der Waals surface area contributed by atoms with Gasteiger partial charge in [0.25, 0.3) is 0 Å². The molecule has 1 atom stereocenters. The lowest BCUT2D eigenvalue weighted by atomic mass is 9.99. The molecule has 1 aliphatic heterocycles. The summed E-state index contributed by atoms with van der Waals surface area (Å²) < 4.78 is 4.92. The van der Waals surface area contributed by atoms with E-state index in [0.717, 1.165) is 5.56 Å². The Hall–Kier alpha value is -1.74. The Morgan fingerprint density at radius 2 is 1.88 bits per heavy atom. The first kappa shape index (κ1) is 11.7. The largest absolute Gasteiger partial charge is 0.447 e. The normalized spacial score (nSPS) is 18.4. The van der Waals surface area contributed by atoms with Gasteiger partial charge in [0.05, 0.1) is 6.04 Å². The van der Waals surface area contributed by atoms with Crippen LogP contribution in [0.15, 0.2) is 42.5 Å². The Kier molecular flexibility index (Phi) is 3.20. The summed E-state index contributed by atoms with van der Waals surface area (Å²) in [6.07, 6.45) is -0.335. The van der Waals surface area contributed by atoms with E-state index in [0.29, 0.717) is 6.61 Å². The SMILES string of the molecule is Cl.O=C1N[C@@H](c2cccc3ccccc23)CO1. The molecule has 2 aromatic carbocycles. The van der Waals surface area contributed by atoms with E-state index < -0.39 is 0 Å². The van der Waals surface area contributed by atoms with Crippen molar-refractivity contribution >= 4 is 29.3 Å². The highest BCUT2D eigenvalue weighted by Crippen LogP contribution is 2.26. The summed E-state index contributed by atoms with van der Waals surface area (Å²) in [5.74, 6) is 0. The number of carbonyl (C=O) groups is 1. The van der Waals surface area contributed by atoms with E-state index in [2.05, 4.69) is 23.5 Å². The topological polar surface area (TPSA) is 38.3 Å². The number of hydrogen-bond donors (Lipinski definition) is 1. The number of fused-ring (bicyclic) bond motifs is 1. The molecule has 1 amide bonds. The molecule has 1 aliphatic rings. The maximum Gasteiger partial charge on any atom is 0.407 e. The number of rotatable bonds is 1. The van der Waals surface area contributed by atoms with Gasteiger partial charge in [0.2, 0.25) is 0 Å². The molecule has 1 saturated heterocycles. The summed E-state index contributed by atoms with van der Waals surface area (Å²) in [5, 5.41) is 5.15. The molecule has 4 heteroatoms. The van der Waals surface area contributed by atoms with E-state index in [4.69, 9.17) is 4.74 Å². The summed E-state index contributed by atoms with van der Waals surface area (Å²) in [7, 11) is 0. The standard InChI is InChI=1S/C13H11NO2.ClH/c15-13-14-12(8-16-13)11-7-3-5-9-4-1-2-6-10(9)11;/h1-7,12H,8H2,(H,14,15);1H/t12-;/m1./s1. The molecule has 88 valence electrons. The fourth-order valence-corrected chi connectivity index (χ4v) is 2.11. The first-order valence-corrected chi connectivity index (χ1v) is 5.25. The average Bonchev–Trinajstić information content (AvgIpc) is 2.75. The second-order valence-electron chi connectivity index (χ2n) is 3.86. The first-order chi connectivity index (χ1) is 7.84. The molecule has 0 aromatic heterocycles. The molecular weight excluding hydrogens is 238 g/mol. The van der Waals surface area contributed by atoms with Crippen molar-refractivity contribution in [2.24, 2.45) is 0 Å². The van der Waals surface area contributed by atoms with Gasteiger partial charge in [-0.15, -0.1) is 12.4 Å². The monoisotopic (exact) mass is 249 g/mol. The van der Waals surface area contributed by atoms with Crippen LogP contribution >= 0.6 is 12.4 Å². The zero-order valence-electron chi connectivity index (χ0n) is 9.05. The molecule has 0 unspecified atom stereocenters. The van der Waals surface area contributed by atoms with Crippen molar-refractivity contribution in [3.8, 4) is 0 Å². The third-order valence-corrected chi connectivity index (χ3v) is 2.87. The Labute approximate surface area is 105 Å². The highest BCUT2D eigenvalue weighted by atomic mass is 35.5. The highest BCUT2D eigenvalue weighted by Gasteiger charge is 2.24. The summed E-state index contributed by atoms with van der Waals surface area (Å²) in [6.45, 7) is 0.410. The Balaban J connectivity index is 0.00000108. The molecule has 2 aromatic rings. The molecule has 0 radical (unpaired) electrons. The lowest BCUT2D eigenvalue weighted by Gasteiger charge is -2.10. The maximum atomic E-state index is 11.0. The van der Waals surface area contributed by atoms with Crippen LogP contribution in [0, 0.1) is 0 Å². The van der Waals surface area contributed by atoms with Gasteiger partial charge < -0.3 is 10.1 Å². The summed E-state index contributed by atoms with van der Waals surface area (Å²) in [4.78, 5) is 11.0. The van der Waals surface area contributed by atoms with Crippen molar-refractivity contribution in [3.05, 3.63) is 48.0 Å². The van der Waals surface area contributed by atoms with Crippen molar-refractivity contribution in [3.63, 3.8) is 0 Å².